The second kappa shape index (κ2) is 7.62. The first kappa shape index (κ1) is 19.0. The number of carbonyl (C=O) groups is 1. The first-order valence-corrected chi connectivity index (χ1v) is 9.46. The van der Waals surface area contributed by atoms with Crippen molar-refractivity contribution < 1.29 is 23.3 Å². The number of methoxy groups -OCH3 is 2. The predicted octanol–water partition coefficient (Wildman–Crippen LogP) is 3.94. The summed E-state index contributed by atoms with van der Waals surface area (Å²) in [5.74, 6) is 2.27. The fourth-order valence-electron chi connectivity index (χ4n) is 3.92. The molecular weight excluding hydrogens is 374 g/mol. The fourth-order valence-corrected chi connectivity index (χ4v) is 3.92. The number of ether oxygens (including phenoxy) is 2. The highest BCUT2D eigenvalue weighted by Gasteiger charge is 2.35. The average Bonchev–Trinajstić information content (AvgIpc) is 3.47. The van der Waals surface area contributed by atoms with E-state index in [-0.39, 0.29) is 17.6 Å². The van der Waals surface area contributed by atoms with E-state index in [4.69, 9.17) is 18.5 Å². The van der Waals surface area contributed by atoms with Crippen LogP contribution in [0.3, 0.4) is 0 Å². The van der Waals surface area contributed by atoms with Gasteiger partial charge in [0.25, 0.3) is 5.91 Å². The van der Waals surface area contributed by atoms with Gasteiger partial charge >= 0.3 is 0 Å². The zero-order valence-electron chi connectivity index (χ0n) is 16.9. The second-order valence-corrected chi connectivity index (χ2v) is 7.04. The van der Waals surface area contributed by atoms with Gasteiger partial charge in [-0.2, -0.15) is 0 Å². The van der Waals surface area contributed by atoms with Crippen molar-refractivity contribution in [2.75, 3.05) is 20.8 Å². The van der Waals surface area contributed by atoms with E-state index in [2.05, 4.69) is 10.3 Å². The van der Waals surface area contributed by atoms with Crippen molar-refractivity contribution in [3.05, 3.63) is 47.0 Å². The third-order valence-electron chi connectivity index (χ3n) is 5.33. The van der Waals surface area contributed by atoms with Crippen LogP contribution < -0.4 is 9.47 Å². The van der Waals surface area contributed by atoms with Crippen LogP contribution in [0.5, 0.6) is 11.5 Å². The maximum absolute atomic E-state index is 13.2. The summed E-state index contributed by atoms with van der Waals surface area (Å²) in [5, 5.41) is 8.05. The summed E-state index contributed by atoms with van der Waals surface area (Å²) >= 11 is 0. The van der Waals surface area contributed by atoms with Crippen molar-refractivity contribution in [1.29, 1.82) is 0 Å². The van der Waals surface area contributed by atoms with Crippen molar-refractivity contribution in [2.24, 2.45) is 0 Å². The molecule has 152 valence electrons. The Balaban J connectivity index is 1.60. The predicted molar refractivity (Wildman–Crippen MR) is 104 cm³/mol. The van der Waals surface area contributed by atoms with Gasteiger partial charge in [-0.05, 0) is 44.9 Å². The minimum Gasteiger partial charge on any atom is -0.493 e. The monoisotopic (exact) mass is 397 g/mol. The van der Waals surface area contributed by atoms with E-state index in [1.165, 1.54) is 0 Å². The molecule has 0 aliphatic carbocycles. The zero-order valence-corrected chi connectivity index (χ0v) is 16.9. The van der Waals surface area contributed by atoms with Crippen LogP contribution in [0, 0.1) is 13.8 Å². The molecule has 2 aromatic heterocycles. The lowest BCUT2D eigenvalue weighted by molar-refractivity contribution is 0.0724. The number of aromatic nitrogens is 2. The molecule has 1 unspecified atom stereocenters. The van der Waals surface area contributed by atoms with E-state index in [0.29, 0.717) is 23.8 Å². The van der Waals surface area contributed by atoms with E-state index in [0.717, 1.165) is 35.4 Å². The molecule has 29 heavy (non-hydrogen) atoms. The van der Waals surface area contributed by atoms with Crippen LogP contribution in [0.2, 0.25) is 0 Å². The Labute approximate surface area is 168 Å². The Hall–Kier alpha value is -3.29. The molecule has 1 atom stereocenters. The molecule has 3 heterocycles. The molecule has 1 amide bonds. The standard InChI is InChI=1S/C21H23N3O5/c1-12-20(13(2)28-22-12)16-6-5-9-24(16)21(25)15-11-18(29-23-15)14-7-8-17(26-3)19(10-14)27-4/h7-8,10-11,16H,5-6,9H2,1-4H3. The summed E-state index contributed by atoms with van der Waals surface area (Å²) in [6.45, 7) is 4.44. The normalized spacial score (nSPS) is 16.3. The highest BCUT2D eigenvalue weighted by atomic mass is 16.5. The lowest BCUT2D eigenvalue weighted by Crippen LogP contribution is -2.31. The number of hydrogen-bond donors (Lipinski definition) is 0. The number of nitrogens with zero attached hydrogens (tertiary/aromatic N) is 3. The second-order valence-electron chi connectivity index (χ2n) is 7.04. The van der Waals surface area contributed by atoms with E-state index in [1.807, 2.05) is 24.8 Å². The van der Waals surface area contributed by atoms with Gasteiger partial charge in [0.05, 0.1) is 26.0 Å². The molecule has 0 N–H and O–H groups in total. The molecule has 0 spiro atoms. The average molecular weight is 397 g/mol. The number of rotatable bonds is 5. The highest BCUT2D eigenvalue weighted by molar-refractivity contribution is 5.93. The molecule has 0 bridgehead atoms. The quantitative estimate of drug-likeness (QED) is 0.644. The molecule has 1 fully saturated rings. The minimum atomic E-state index is -0.164. The van der Waals surface area contributed by atoms with Crippen LogP contribution in [0.15, 0.2) is 33.3 Å². The van der Waals surface area contributed by atoms with Crippen molar-refractivity contribution >= 4 is 5.91 Å². The molecule has 1 saturated heterocycles. The van der Waals surface area contributed by atoms with E-state index in [9.17, 15) is 4.79 Å². The van der Waals surface area contributed by atoms with Gasteiger partial charge in [-0.1, -0.05) is 10.3 Å². The van der Waals surface area contributed by atoms with Crippen LogP contribution in [-0.4, -0.2) is 41.9 Å². The van der Waals surface area contributed by atoms with Gasteiger partial charge < -0.3 is 23.4 Å². The lowest BCUT2D eigenvalue weighted by atomic mass is 10.0. The summed E-state index contributed by atoms with van der Waals surface area (Å²) in [6.07, 6.45) is 1.79. The fraction of sp³-hybridized carbons (Fsp3) is 0.381. The number of benzene rings is 1. The largest absolute Gasteiger partial charge is 0.493 e. The third kappa shape index (κ3) is 3.35. The van der Waals surface area contributed by atoms with Crippen LogP contribution in [-0.2, 0) is 0 Å². The first-order chi connectivity index (χ1) is 14.0. The molecule has 1 aromatic carbocycles. The lowest BCUT2D eigenvalue weighted by Gasteiger charge is -2.23. The van der Waals surface area contributed by atoms with Gasteiger partial charge in [-0.25, -0.2) is 0 Å². The zero-order chi connectivity index (χ0) is 20.5. The molecular formula is C21H23N3O5. The Morgan fingerprint density at radius 1 is 1.10 bits per heavy atom. The highest BCUT2D eigenvalue weighted by Crippen LogP contribution is 2.37. The van der Waals surface area contributed by atoms with Gasteiger partial charge in [0.2, 0.25) is 0 Å². The Bertz CT molecular complexity index is 1020. The van der Waals surface area contributed by atoms with Gasteiger partial charge in [0, 0.05) is 23.7 Å². The number of aryl methyl sites for hydroxylation is 2. The molecule has 1 aliphatic heterocycles. The van der Waals surface area contributed by atoms with Crippen molar-refractivity contribution in [3.8, 4) is 22.8 Å². The summed E-state index contributed by atoms with van der Waals surface area (Å²) in [4.78, 5) is 15.0. The molecule has 0 saturated carbocycles. The van der Waals surface area contributed by atoms with Crippen molar-refractivity contribution in [3.63, 3.8) is 0 Å². The Kier molecular flexibility index (Phi) is 5.00. The molecule has 1 aliphatic rings. The Morgan fingerprint density at radius 2 is 1.90 bits per heavy atom. The third-order valence-corrected chi connectivity index (χ3v) is 5.33. The van der Waals surface area contributed by atoms with Gasteiger partial charge in [-0.15, -0.1) is 0 Å². The molecule has 8 heteroatoms. The summed E-state index contributed by atoms with van der Waals surface area (Å²) < 4.78 is 21.3. The van der Waals surface area contributed by atoms with E-state index >= 15 is 0 Å². The smallest absolute Gasteiger partial charge is 0.276 e. The van der Waals surface area contributed by atoms with Gasteiger partial charge in [-0.3, -0.25) is 4.79 Å². The number of likely N-dealkylation sites (tertiary alicyclic amines) is 1. The van der Waals surface area contributed by atoms with Crippen molar-refractivity contribution in [2.45, 2.75) is 32.7 Å². The van der Waals surface area contributed by atoms with Crippen LogP contribution in [0.4, 0.5) is 0 Å². The van der Waals surface area contributed by atoms with Crippen LogP contribution >= 0.6 is 0 Å². The number of hydrogen-bond acceptors (Lipinski definition) is 7. The number of carbonyl (C=O) groups excluding carboxylic acids is 1. The molecule has 8 nitrogen and oxygen atoms in total. The molecule has 3 aromatic rings. The SMILES string of the molecule is COc1ccc(-c2cc(C(=O)N3CCCC3c3c(C)noc3C)no2)cc1OC. The molecule has 4 rings (SSSR count). The van der Waals surface area contributed by atoms with Crippen molar-refractivity contribution in [1.82, 2.24) is 15.2 Å². The molecule has 0 radical (unpaired) electrons. The van der Waals surface area contributed by atoms with Gasteiger partial charge in [0.15, 0.2) is 23.0 Å². The van der Waals surface area contributed by atoms with Crippen LogP contribution in [0.25, 0.3) is 11.3 Å². The maximum atomic E-state index is 13.2. The first-order valence-electron chi connectivity index (χ1n) is 9.46. The van der Waals surface area contributed by atoms with E-state index < -0.39 is 0 Å². The van der Waals surface area contributed by atoms with E-state index in [1.54, 1.807) is 32.4 Å². The Morgan fingerprint density at radius 3 is 2.59 bits per heavy atom. The summed E-state index contributed by atoms with van der Waals surface area (Å²) in [5.41, 5.74) is 2.82. The van der Waals surface area contributed by atoms with Crippen LogP contribution in [0.1, 0.15) is 46.4 Å². The summed E-state index contributed by atoms with van der Waals surface area (Å²) in [7, 11) is 3.15. The van der Waals surface area contributed by atoms with Gasteiger partial charge in [0.1, 0.15) is 5.76 Å². The summed E-state index contributed by atoms with van der Waals surface area (Å²) in [6, 6.07) is 7.00. The maximum Gasteiger partial charge on any atom is 0.276 e. The minimum absolute atomic E-state index is 0.0602. The topological polar surface area (TPSA) is 90.8 Å². The number of amides is 1.